The molecule has 0 aliphatic carbocycles. The Hall–Kier alpha value is -2.21. The zero-order chi connectivity index (χ0) is 15.4. The van der Waals surface area contributed by atoms with Gasteiger partial charge in [0.25, 0.3) is 0 Å². The summed E-state index contributed by atoms with van der Waals surface area (Å²) >= 11 is 0. The van der Waals surface area contributed by atoms with Gasteiger partial charge in [0.2, 0.25) is 5.88 Å². The van der Waals surface area contributed by atoms with E-state index < -0.39 is 5.82 Å². The summed E-state index contributed by atoms with van der Waals surface area (Å²) in [6.45, 7) is 1.61. The first-order valence-corrected chi connectivity index (χ1v) is 7.26. The lowest BCUT2D eigenvalue weighted by Gasteiger charge is -2.22. The minimum absolute atomic E-state index is 0.0200. The van der Waals surface area contributed by atoms with Crippen LogP contribution in [-0.2, 0) is 4.74 Å². The summed E-state index contributed by atoms with van der Waals surface area (Å²) in [6.07, 6.45) is 5.44. The smallest absolute Gasteiger partial charge is 0.250 e. The molecule has 0 amide bonds. The van der Waals surface area contributed by atoms with Crippen LogP contribution in [0, 0.1) is 5.82 Å². The number of rotatable bonds is 4. The minimum atomic E-state index is -0.508. The maximum atomic E-state index is 13.6. The Labute approximate surface area is 128 Å². The molecule has 2 aromatic rings. The average Bonchev–Trinajstić information content (AvgIpc) is 2.57. The van der Waals surface area contributed by atoms with Crippen molar-refractivity contribution in [2.75, 3.05) is 25.6 Å². The molecular weight excluding hydrogens is 285 g/mol. The van der Waals surface area contributed by atoms with Crippen LogP contribution >= 0.6 is 0 Å². The summed E-state index contributed by atoms with van der Waals surface area (Å²) < 4.78 is 23.8. The second kappa shape index (κ2) is 6.70. The van der Waals surface area contributed by atoms with Gasteiger partial charge in [-0.15, -0.1) is 0 Å². The first kappa shape index (κ1) is 14.7. The summed E-state index contributed by atoms with van der Waals surface area (Å²) in [5, 5.41) is 3.03. The number of hydrogen-bond acceptors (Lipinski definition) is 5. The summed E-state index contributed by atoms with van der Waals surface area (Å²) in [6, 6.07) is 5.28. The van der Waals surface area contributed by atoms with E-state index in [-0.39, 0.29) is 5.88 Å². The fourth-order valence-corrected chi connectivity index (χ4v) is 2.54. The SMILES string of the molecule is COc1ncc(Nc2ccc(C3CCOCC3)cn2)cc1F. The quantitative estimate of drug-likeness (QED) is 0.939. The third kappa shape index (κ3) is 3.33. The van der Waals surface area contributed by atoms with Crippen LogP contribution in [-0.4, -0.2) is 30.3 Å². The maximum absolute atomic E-state index is 13.6. The van der Waals surface area contributed by atoms with Crippen LogP contribution in [0.25, 0.3) is 0 Å². The first-order chi connectivity index (χ1) is 10.8. The van der Waals surface area contributed by atoms with Gasteiger partial charge in [-0.3, -0.25) is 0 Å². The van der Waals surface area contributed by atoms with Crippen LogP contribution in [0.3, 0.4) is 0 Å². The highest BCUT2D eigenvalue weighted by Gasteiger charge is 2.16. The van der Waals surface area contributed by atoms with Gasteiger partial charge in [0.05, 0.1) is 19.0 Å². The largest absolute Gasteiger partial charge is 0.479 e. The van der Waals surface area contributed by atoms with Gasteiger partial charge in [-0.25, -0.2) is 14.4 Å². The molecule has 0 aromatic carbocycles. The lowest BCUT2D eigenvalue weighted by atomic mass is 9.93. The number of halogens is 1. The van der Waals surface area contributed by atoms with Crippen molar-refractivity contribution < 1.29 is 13.9 Å². The summed E-state index contributed by atoms with van der Waals surface area (Å²) in [5.74, 6) is 0.636. The van der Waals surface area contributed by atoms with Gasteiger partial charge in [0.15, 0.2) is 5.82 Å². The van der Waals surface area contributed by atoms with Crippen molar-refractivity contribution in [1.82, 2.24) is 9.97 Å². The number of aromatic nitrogens is 2. The van der Waals surface area contributed by atoms with Crippen LogP contribution < -0.4 is 10.1 Å². The minimum Gasteiger partial charge on any atom is -0.479 e. The predicted octanol–water partition coefficient (Wildman–Crippen LogP) is 3.26. The maximum Gasteiger partial charge on any atom is 0.250 e. The molecule has 116 valence electrons. The number of nitrogens with one attached hydrogen (secondary N) is 1. The van der Waals surface area contributed by atoms with Gasteiger partial charge < -0.3 is 14.8 Å². The van der Waals surface area contributed by atoms with Crippen molar-refractivity contribution in [2.45, 2.75) is 18.8 Å². The van der Waals surface area contributed by atoms with Gasteiger partial charge >= 0.3 is 0 Å². The molecule has 1 aliphatic heterocycles. The van der Waals surface area contributed by atoms with Crippen molar-refractivity contribution in [2.24, 2.45) is 0 Å². The average molecular weight is 303 g/mol. The van der Waals surface area contributed by atoms with Gasteiger partial charge in [0, 0.05) is 25.5 Å². The topological polar surface area (TPSA) is 56.3 Å². The van der Waals surface area contributed by atoms with E-state index in [4.69, 9.17) is 9.47 Å². The van der Waals surface area contributed by atoms with Gasteiger partial charge in [-0.2, -0.15) is 0 Å². The third-order valence-corrected chi connectivity index (χ3v) is 3.75. The first-order valence-electron chi connectivity index (χ1n) is 7.26. The molecular formula is C16H18FN3O2. The molecule has 0 atom stereocenters. The molecule has 2 aromatic heterocycles. The molecule has 1 fully saturated rings. The van der Waals surface area contributed by atoms with E-state index >= 15 is 0 Å². The van der Waals surface area contributed by atoms with Crippen molar-refractivity contribution >= 4 is 11.5 Å². The summed E-state index contributed by atoms with van der Waals surface area (Å²) in [4.78, 5) is 8.27. The normalized spacial score (nSPS) is 15.5. The van der Waals surface area contributed by atoms with E-state index in [2.05, 4.69) is 21.4 Å². The Morgan fingerprint density at radius 3 is 2.68 bits per heavy atom. The Kier molecular flexibility index (Phi) is 4.48. The molecule has 0 unspecified atom stereocenters. The molecule has 5 nitrogen and oxygen atoms in total. The summed E-state index contributed by atoms with van der Waals surface area (Å²) in [5.41, 5.74) is 1.75. The van der Waals surface area contributed by atoms with Crippen LogP contribution in [0.5, 0.6) is 5.88 Å². The highest BCUT2D eigenvalue weighted by Crippen LogP contribution is 2.27. The standard InChI is InChI=1S/C16H18FN3O2/c1-21-16-14(17)8-13(10-19-16)20-15-3-2-12(9-18-15)11-4-6-22-7-5-11/h2-3,8-11H,4-7H2,1H3,(H,18,20). The second-order valence-electron chi connectivity index (χ2n) is 5.20. The Bertz CT molecular complexity index is 628. The molecule has 22 heavy (non-hydrogen) atoms. The molecule has 6 heteroatoms. The molecule has 0 saturated carbocycles. The van der Waals surface area contributed by atoms with E-state index in [0.717, 1.165) is 26.1 Å². The van der Waals surface area contributed by atoms with Crippen LogP contribution in [0.4, 0.5) is 15.9 Å². The number of pyridine rings is 2. The fourth-order valence-electron chi connectivity index (χ4n) is 2.54. The third-order valence-electron chi connectivity index (χ3n) is 3.75. The number of hydrogen-bond donors (Lipinski definition) is 1. The van der Waals surface area contributed by atoms with Crippen molar-refractivity contribution in [3.05, 3.63) is 42.0 Å². The lowest BCUT2D eigenvalue weighted by Crippen LogP contribution is -2.14. The molecule has 0 radical (unpaired) electrons. The van der Waals surface area contributed by atoms with E-state index in [1.165, 1.54) is 24.9 Å². The Morgan fingerprint density at radius 1 is 1.23 bits per heavy atom. The Morgan fingerprint density at radius 2 is 2.05 bits per heavy atom. The van der Waals surface area contributed by atoms with Crippen molar-refractivity contribution in [3.63, 3.8) is 0 Å². The molecule has 0 spiro atoms. The monoisotopic (exact) mass is 303 g/mol. The number of methoxy groups -OCH3 is 1. The summed E-state index contributed by atoms with van der Waals surface area (Å²) in [7, 11) is 1.38. The van der Waals surface area contributed by atoms with Gasteiger partial charge in [-0.05, 0) is 30.4 Å². The van der Waals surface area contributed by atoms with E-state index in [1.807, 2.05) is 12.3 Å². The van der Waals surface area contributed by atoms with Crippen LogP contribution in [0.15, 0.2) is 30.6 Å². The Balaban J connectivity index is 1.69. The zero-order valence-corrected chi connectivity index (χ0v) is 12.4. The van der Waals surface area contributed by atoms with E-state index in [9.17, 15) is 4.39 Å². The highest BCUT2D eigenvalue weighted by molar-refractivity contribution is 5.55. The zero-order valence-electron chi connectivity index (χ0n) is 12.4. The van der Waals surface area contributed by atoms with Crippen LogP contribution in [0.1, 0.15) is 24.3 Å². The van der Waals surface area contributed by atoms with E-state index in [1.54, 1.807) is 0 Å². The number of nitrogens with zero attached hydrogens (tertiary/aromatic N) is 2. The van der Waals surface area contributed by atoms with Crippen LogP contribution in [0.2, 0.25) is 0 Å². The highest BCUT2D eigenvalue weighted by atomic mass is 19.1. The number of anilines is 2. The molecule has 3 rings (SSSR count). The lowest BCUT2D eigenvalue weighted by molar-refractivity contribution is 0.0853. The molecule has 1 N–H and O–H groups in total. The van der Waals surface area contributed by atoms with Gasteiger partial charge in [-0.1, -0.05) is 6.07 Å². The molecule has 3 heterocycles. The molecule has 0 bridgehead atoms. The molecule has 1 aliphatic rings. The molecule has 1 saturated heterocycles. The second-order valence-corrected chi connectivity index (χ2v) is 5.20. The van der Waals surface area contributed by atoms with Crippen molar-refractivity contribution in [3.8, 4) is 5.88 Å². The predicted molar refractivity (Wildman–Crippen MR) is 81.1 cm³/mol. The van der Waals surface area contributed by atoms with Crippen molar-refractivity contribution in [1.29, 1.82) is 0 Å². The van der Waals surface area contributed by atoms with E-state index in [0.29, 0.717) is 17.4 Å². The van der Waals surface area contributed by atoms with Gasteiger partial charge in [0.1, 0.15) is 5.82 Å². The number of ether oxygens (including phenoxy) is 2. The fraction of sp³-hybridized carbons (Fsp3) is 0.375.